The Morgan fingerprint density at radius 3 is 1.68 bits per heavy atom. The van der Waals surface area contributed by atoms with Crippen LogP contribution in [-0.4, -0.2) is 38.7 Å². The molecular formula is C16H36AlNO. The molecule has 0 aliphatic carbocycles. The molecule has 0 aromatic carbocycles. The molecule has 1 atom stereocenters. The number of rotatable bonds is 11. The minimum atomic E-state index is -0.970. The van der Waals surface area contributed by atoms with E-state index in [-0.39, 0.29) is 0 Å². The van der Waals surface area contributed by atoms with Crippen LogP contribution in [0.2, 0.25) is 10.6 Å². The van der Waals surface area contributed by atoms with E-state index in [1.165, 1.54) is 23.4 Å². The van der Waals surface area contributed by atoms with Gasteiger partial charge in [-0.25, -0.2) is 0 Å². The molecule has 19 heavy (non-hydrogen) atoms. The first-order valence-electron chi connectivity index (χ1n) is 8.33. The number of hydrogen-bond donors (Lipinski definition) is 0. The monoisotopic (exact) mass is 285 g/mol. The Kier molecular flexibility index (Phi) is 11.4. The molecule has 1 unspecified atom stereocenters. The van der Waals surface area contributed by atoms with E-state index in [9.17, 15) is 0 Å². The smallest absolute Gasteiger partial charge is 0.461 e. The first-order chi connectivity index (χ1) is 8.94. The summed E-state index contributed by atoms with van der Waals surface area (Å²) in [7, 11) is 0. The van der Waals surface area contributed by atoms with Crippen molar-refractivity contribution in [3.8, 4) is 0 Å². The highest BCUT2D eigenvalue weighted by molar-refractivity contribution is 6.51. The largest absolute Gasteiger partial charge is 0.487 e. The molecule has 0 aromatic heterocycles. The Hall–Kier alpha value is 0.452. The lowest BCUT2D eigenvalue weighted by Gasteiger charge is -2.36. The second-order valence-electron chi connectivity index (χ2n) is 6.56. The van der Waals surface area contributed by atoms with Gasteiger partial charge in [-0.05, 0) is 18.3 Å². The molecule has 0 radical (unpaired) electrons. The lowest BCUT2D eigenvalue weighted by molar-refractivity contribution is 0.000378. The lowest BCUT2D eigenvalue weighted by atomic mass is 10.1. The highest BCUT2D eigenvalue weighted by atomic mass is 27.2. The third-order valence-electron chi connectivity index (χ3n) is 3.40. The third kappa shape index (κ3) is 9.08. The summed E-state index contributed by atoms with van der Waals surface area (Å²) < 4.78 is 6.52. The van der Waals surface area contributed by atoms with Gasteiger partial charge in [0.1, 0.15) is 0 Å². The molecular weight excluding hydrogens is 249 g/mol. The Morgan fingerprint density at radius 1 is 0.895 bits per heavy atom. The van der Waals surface area contributed by atoms with Gasteiger partial charge in [-0.15, -0.1) is 0 Å². The summed E-state index contributed by atoms with van der Waals surface area (Å²) in [4.78, 5) is 2.60. The first kappa shape index (κ1) is 19.5. The molecule has 0 aliphatic heterocycles. The van der Waals surface area contributed by atoms with Crippen LogP contribution in [-0.2, 0) is 3.79 Å². The van der Waals surface area contributed by atoms with E-state index in [1.807, 2.05) is 0 Å². The predicted molar refractivity (Wildman–Crippen MR) is 87.7 cm³/mol. The van der Waals surface area contributed by atoms with Crippen molar-refractivity contribution in [2.75, 3.05) is 13.1 Å². The molecule has 0 aliphatic rings. The van der Waals surface area contributed by atoms with Crippen LogP contribution in [0.4, 0.5) is 0 Å². The zero-order chi connectivity index (χ0) is 14.8. The summed E-state index contributed by atoms with van der Waals surface area (Å²) in [6.45, 7) is 18.4. The van der Waals surface area contributed by atoms with Gasteiger partial charge in [-0.1, -0.05) is 65.5 Å². The molecule has 0 rings (SSSR count). The topological polar surface area (TPSA) is 12.5 Å². The minimum Gasteiger partial charge on any atom is -0.487 e. The van der Waals surface area contributed by atoms with Crippen molar-refractivity contribution in [1.82, 2.24) is 4.90 Å². The summed E-state index contributed by atoms with van der Waals surface area (Å²) in [6.07, 6.45) is 2.76. The fourth-order valence-corrected chi connectivity index (χ4v) is 4.25. The molecule has 0 heterocycles. The average Bonchev–Trinajstić information content (AvgIpc) is 2.32. The van der Waals surface area contributed by atoms with Crippen molar-refractivity contribution in [3.63, 3.8) is 0 Å². The van der Waals surface area contributed by atoms with Gasteiger partial charge in [0.05, 0.1) is 6.23 Å². The van der Waals surface area contributed by atoms with Crippen molar-refractivity contribution in [1.29, 1.82) is 0 Å². The van der Waals surface area contributed by atoms with Crippen molar-refractivity contribution >= 4 is 14.5 Å². The van der Waals surface area contributed by atoms with Gasteiger partial charge >= 0.3 is 14.5 Å². The molecule has 2 nitrogen and oxygen atoms in total. The fourth-order valence-electron chi connectivity index (χ4n) is 2.53. The fraction of sp³-hybridized carbons (Fsp3) is 1.00. The summed E-state index contributed by atoms with van der Waals surface area (Å²) >= 11 is -0.970. The maximum Gasteiger partial charge on any atom is 0.461 e. The van der Waals surface area contributed by atoms with E-state index in [4.69, 9.17) is 3.79 Å². The van der Waals surface area contributed by atoms with Crippen LogP contribution in [0.3, 0.4) is 0 Å². The van der Waals surface area contributed by atoms with Gasteiger partial charge in [0.25, 0.3) is 0 Å². The third-order valence-corrected chi connectivity index (χ3v) is 5.92. The Bertz CT molecular complexity index is 195. The molecule has 0 bridgehead atoms. The second-order valence-corrected chi connectivity index (χ2v) is 9.71. The Labute approximate surface area is 126 Å². The van der Waals surface area contributed by atoms with Gasteiger partial charge < -0.3 is 3.79 Å². The van der Waals surface area contributed by atoms with E-state index >= 15 is 0 Å². The zero-order valence-electron chi connectivity index (χ0n) is 14.4. The molecule has 3 heteroatoms. The summed E-state index contributed by atoms with van der Waals surface area (Å²) in [5.74, 6) is 1.43. The van der Waals surface area contributed by atoms with E-state index in [1.54, 1.807) is 0 Å². The van der Waals surface area contributed by atoms with Crippen LogP contribution in [0, 0.1) is 11.8 Å². The second kappa shape index (κ2) is 11.1. The van der Waals surface area contributed by atoms with Crippen LogP contribution in [0.5, 0.6) is 0 Å². The van der Waals surface area contributed by atoms with Crippen LogP contribution in [0.25, 0.3) is 0 Å². The van der Waals surface area contributed by atoms with Crippen molar-refractivity contribution < 1.29 is 3.79 Å². The van der Waals surface area contributed by atoms with E-state index in [2.05, 4.69) is 53.4 Å². The van der Waals surface area contributed by atoms with Crippen LogP contribution < -0.4 is 0 Å². The SMILES string of the molecule is CCCC([O][Al]([CH2]C)[CH2]C)N(CC(C)C)CC(C)C. The van der Waals surface area contributed by atoms with Crippen LogP contribution in [0.1, 0.15) is 61.3 Å². The highest BCUT2D eigenvalue weighted by Gasteiger charge is 2.25. The Balaban J connectivity index is 4.71. The average molecular weight is 285 g/mol. The normalized spacial score (nSPS) is 13.6. The molecule has 0 fully saturated rings. The summed E-state index contributed by atoms with van der Waals surface area (Å²) in [5.41, 5.74) is 0. The van der Waals surface area contributed by atoms with Crippen molar-refractivity contribution in [2.45, 2.75) is 78.1 Å². The van der Waals surface area contributed by atoms with Gasteiger partial charge in [0, 0.05) is 13.1 Å². The molecule has 0 saturated carbocycles. The number of hydrogen-bond acceptors (Lipinski definition) is 2. The van der Waals surface area contributed by atoms with Gasteiger partial charge in [-0.3, -0.25) is 4.90 Å². The van der Waals surface area contributed by atoms with E-state index in [0.29, 0.717) is 18.1 Å². The highest BCUT2D eigenvalue weighted by Crippen LogP contribution is 2.17. The van der Waals surface area contributed by atoms with Crippen molar-refractivity contribution in [3.05, 3.63) is 0 Å². The summed E-state index contributed by atoms with van der Waals surface area (Å²) in [5, 5.41) is 2.52. The van der Waals surface area contributed by atoms with Gasteiger partial charge in [-0.2, -0.15) is 0 Å². The van der Waals surface area contributed by atoms with Gasteiger partial charge in [0.2, 0.25) is 0 Å². The first-order valence-corrected chi connectivity index (χ1v) is 10.4. The maximum atomic E-state index is 6.52. The molecule has 0 spiro atoms. The van der Waals surface area contributed by atoms with Crippen LogP contribution in [0.15, 0.2) is 0 Å². The Morgan fingerprint density at radius 2 is 1.37 bits per heavy atom. The van der Waals surface area contributed by atoms with E-state index < -0.39 is 14.5 Å². The summed E-state index contributed by atoms with van der Waals surface area (Å²) in [6, 6.07) is 0. The number of nitrogens with zero attached hydrogens (tertiary/aromatic N) is 1. The van der Waals surface area contributed by atoms with Gasteiger partial charge in [0.15, 0.2) is 0 Å². The molecule has 0 saturated heterocycles. The lowest BCUT2D eigenvalue weighted by Crippen LogP contribution is -2.44. The van der Waals surface area contributed by atoms with E-state index in [0.717, 1.165) is 13.1 Å². The molecule has 114 valence electrons. The van der Waals surface area contributed by atoms with Crippen molar-refractivity contribution in [2.24, 2.45) is 11.8 Å². The zero-order valence-corrected chi connectivity index (χ0v) is 15.6. The van der Waals surface area contributed by atoms with Crippen LogP contribution >= 0.6 is 0 Å². The predicted octanol–water partition coefficient (Wildman–Crippen LogP) is 4.77. The quantitative estimate of drug-likeness (QED) is 0.400. The molecule has 0 N–H and O–H groups in total. The minimum absolute atomic E-state index is 0.367. The standard InChI is InChI=1S/C12H26NO.2C2H5.Al/c1-6-7-12(14)13(8-10(2)3)9-11(4)5;2*1-2;/h10-12H,6-9H2,1-5H3;2*1H2,2H3;/q-1;;;+1. The molecule has 0 amide bonds. The maximum absolute atomic E-state index is 6.52. The molecule has 0 aromatic rings.